The van der Waals surface area contributed by atoms with Crippen LogP contribution < -0.4 is 16.1 Å². The minimum absolute atomic E-state index is 0.0322. The quantitative estimate of drug-likeness (QED) is 0.107. The Hall–Kier alpha value is -5.35. The van der Waals surface area contributed by atoms with E-state index in [2.05, 4.69) is 65.7 Å². The van der Waals surface area contributed by atoms with Crippen LogP contribution in [0, 0.1) is 17.3 Å². The number of piperidine rings is 1. The minimum atomic E-state index is -1.04. The number of ether oxygens (including phenoxy) is 3. The van der Waals surface area contributed by atoms with Gasteiger partial charge in [0.15, 0.2) is 0 Å². The molecule has 66 heavy (non-hydrogen) atoms. The molecule has 8 rings (SSSR count). The summed E-state index contributed by atoms with van der Waals surface area (Å²) in [6, 6.07) is 13.8. The predicted octanol–water partition coefficient (Wildman–Crippen LogP) is 5.70. The molecule has 2 aromatic heterocycles. The summed E-state index contributed by atoms with van der Waals surface area (Å²) in [5.41, 5.74) is 9.85. The van der Waals surface area contributed by atoms with E-state index in [4.69, 9.17) is 19.2 Å². The maximum Gasteiger partial charge on any atom is 0.324 e. The molecule has 6 bridgehead atoms. The van der Waals surface area contributed by atoms with Crippen LogP contribution in [0.4, 0.5) is 0 Å². The van der Waals surface area contributed by atoms with Gasteiger partial charge in [-0.25, -0.2) is 5.43 Å². The smallest absolute Gasteiger partial charge is 0.324 e. The molecule has 0 spiro atoms. The molecule has 2 aromatic carbocycles. The summed E-state index contributed by atoms with van der Waals surface area (Å²) in [7, 11) is 1.68. The third kappa shape index (κ3) is 10.3. The van der Waals surface area contributed by atoms with Crippen molar-refractivity contribution in [1.29, 1.82) is 0 Å². The second-order valence-corrected chi connectivity index (χ2v) is 19.7. The number of aromatic nitrogens is 2. The molecule has 3 amide bonds. The van der Waals surface area contributed by atoms with E-state index in [0.29, 0.717) is 63.8 Å². The highest BCUT2D eigenvalue weighted by atomic mass is 16.5. The number of phenols is 1. The van der Waals surface area contributed by atoms with E-state index in [1.54, 1.807) is 25.4 Å². The van der Waals surface area contributed by atoms with Gasteiger partial charge < -0.3 is 39.4 Å². The number of hydrogen-bond donors (Lipinski definition) is 4. The second-order valence-electron chi connectivity index (χ2n) is 19.7. The number of methoxy groups -OCH3 is 1. The number of pyridine rings is 1. The molecule has 5 atom stereocenters. The molecule has 4 aliphatic heterocycles. The number of likely N-dealkylation sites (tertiary alicyclic amines) is 1. The number of benzene rings is 2. The van der Waals surface area contributed by atoms with Crippen LogP contribution >= 0.6 is 0 Å². The highest BCUT2D eigenvalue weighted by molar-refractivity contribution is 5.96. The maximum atomic E-state index is 14.7. The number of hydrogen-bond acceptors (Lipinski definition) is 11. The Bertz CT molecular complexity index is 2440. The molecular weight excluding hydrogens is 839 g/mol. The largest absolute Gasteiger partial charge is 0.508 e. The lowest BCUT2D eigenvalue weighted by Gasteiger charge is -2.36. The van der Waals surface area contributed by atoms with E-state index in [1.165, 1.54) is 5.01 Å². The normalized spacial score (nSPS) is 22.5. The van der Waals surface area contributed by atoms with Crippen molar-refractivity contribution >= 4 is 34.6 Å². The number of carbonyl (C=O) groups is 4. The van der Waals surface area contributed by atoms with Gasteiger partial charge in [0.2, 0.25) is 11.8 Å². The van der Waals surface area contributed by atoms with E-state index in [9.17, 15) is 24.3 Å². The fraction of sp³-hybridized carbons (Fsp3) is 0.549. The van der Waals surface area contributed by atoms with Crippen LogP contribution in [0.25, 0.3) is 33.3 Å². The first-order valence-corrected chi connectivity index (χ1v) is 23.8. The van der Waals surface area contributed by atoms with Gasteiger partial charge in [0.1, 0.15) is 17.8 Å². The number of carbonyl (C=O) groups excluding carboxylic acids is 4. The van der Waals surface area contributed by atoms with E-state index < -0.39 is 35.3 Å². The van der Waals surface area contributed by atoms with E-state index in [-0.39, 0.29) is 61.4 Å². The van der Waals surface area contributed by atoms with Crippen molar-refractivity contribution in [1.82, 2.24) is 35.5 Å². The molecule has 3 fully saturated rings. The number of aryl methyl sites for hydroxylation is 1. The van der Waals surface area contributed by atoms with Crippen molar-refractivity contribution in [3.05, 3.63) is 71.5 Å². The first-order chi connectivity index (χ1) is 31.6. The number of fused-ring (bicyclic) bond motifs is 6. The highest BCUT2D eigenvalue weighted by Gasteiger charge is 2.38. The van der Waals surface area contributed by atoms with Gasteiger partial charge in [-0.15, -0.1) is 0 Å². The fourth-order valence-corrected chi connectivity index (χ4v) is 9.85. The third-order valence-corrected chi connectivity index (χ3v) is 13.8. The Kier molecular flexibility index (Phi) is 14.2. The average Bonchev–Trinajstić information content (AvgIpc) is 4.12. The first-order valence-electron chi connectivity index (χ1n) is 23.8. The minimum Gasteiger partial charge on any atom is -0.508 e. The number of nitrogens with zero attached hydrogens (tertiary/aromatic N) is 4. The van der Waals surface area contributed by atoms with Crippen LogP contribution in [0.2, 0.25) is 0 Å². The van der Waals surface area contributed by atoms with E-state index >= 15 is 0 Å². The lowest BCUT2D eigenvalue weighted by Crippen LogP contribution is -2.61. The molecule has 6 heterocycles. The van der Waals surface area contributed by atoms with Gasteiger partial charge in [-0.05, 0) is 111 Å². The molecule has 4 aromatic rings. The van der Waals surface area contributed by atoms with Crippen LogP contribution in [0.1, 0.15) is 90.2 Å². The van der Waals surface area contributed by atoms with Gasteiger partial charge in [-0.1, -0.05) is 39.8 Å². The van der Waals surface area contributed by atoms with E-state index in [0.717, 1.165) is 51.1 Å². The maximum absolute atomic E-state index is 14.7. The van der Waals surface area contributed by atoms with Crippen molar-refractivity contribution in [2.45, 2.75) is 117 Å². The van der Waals surface area contributed by atoms with Gasteiger partial charge in [0.25, 0.3) is 5.91 Å². The van der Waals surface area contributed by atoms with Crippen LogP contribution in [0.5, 0.6) is 5.75 Å². The van der Waals surface area contributed by atoms with Crippen LogP contribution in [-0.2, 0) is 52.8 Å². The monoisotopic (exact) mass is 906 g/mol. The standard InChI is InChI=1S/C51H67N7O8/c1-8-57-44-14-13-33-25-38(44)39(46(57)37-11-9-17-52-45(37)31(4)64-7)26-51(5,6)29-66-50(63)41-12-10-18-58(55-41)49(62)42(23-32-21-34(33)24-35(59)22-32)54-47(60)40(30(2)3)28-65-36-15-19-56(20-16-36)48(61)43-27-53-43/h9,11,13-14,17,21-22,24-25,30-31,36,40-43,53,55,59H,8,10,12,15-16,18-20,23,26-29H2,1-7H3,(H,54,60)/t31-,40?,41-,42-,43+/m0/s1. The number of aromatic hydroxyl groups is 1. The summed E-state index contributed by atoms with van der Waals surface area (Å²) in [5, 5.41) is 20.0. The molecule has 0 saturated carbocycles. The molecule has 15 heteroatoms. The molecule has 0 aliphatic carbocycles. The average molecular weight is 906 g/mol. The Balaban J connectivity index is 1.14. The van der Waals surface area contributed by atoms with Gasteiger partial charge >= 0.3 is 5.97 Å². The molecule has 4 aliphatic rings. The number of rotatable bonds is 11. The second kappa shape index (κ2) is 19.9. The van der Waals surface area contributed by atoms with Gasteiger partial charge in [-0.3, -0.25) is 29.2 Å². The Morgan fingerprint density at radius 2 is 1.80 bits per heavy atom. The summed E-state index contributed by atoms with van der Waals surface area (Å²) in [5.74, 6) is -1.67. The van der Waals surface area contributed by atoms with Gasteiger partial charge in [-0.2, -0.15) is 0 Å². The number of hydrazine groups is 1. The van der Waals surface area contributed by atoms with Crippen LogP contribution in [0.3, 0.4) is 0 Å². The molecule has 15 nitrogen and oxygen atoms in total. The van der Waals surface area contributed by atoms with Crippen molar-refractivity contribution in [3.8, 4) is 28.1 Å². The molecule has 4 N–H and O–H groups in total. The van der Waals surface area contributed by atoms with E-state index in [1.807, 2.05) is 37.8 Å². The van der Waals surface area contributed by atoms with Gasteiger partial charge in [0, 0.05) is 74.3 Å². The Labute approximate surface area is 387 Å². The number of esters is 1. The molecule has 3 saturated heterocycles. The SMILES string of the molecule is CCn1c(-c2cccnc2[C@H](C)OC)c2c3cc(ccc31)-c1cc(O)cc(c1)C[C@H](NC(=O)C(COC1CCN(C(=O)[C@H]3CN3)CC1)C(C)C)C(=O)N1CCC[C@H](N1)C(=O)OCC(C)(C)C2. The summed E-state index contributed by atoms with van der Waals surface area (Å²) in [6.07, 6.45) is 4.47. The fourth-order valence-electron chi connectivity index (χ4n) is 9.85. The van der Waals surface area contributed by atoms with Crippen LogP contribution in [-0.4, -0.2) is 119 Å². The van der Waals surface area contributed by atoms with Crippen molar-refractivity contribution in [2.75, 3.05) is 46.5 Å². The molecular formula is C51H67N7O8. The zero-order valence-corrected chi connectivity index (χ0v) is 39.5. The topological polar surface area (TPSA) is 186 Å². The Morgan fingerprint density at radius 1 is 1.03 bits per heavy atom. The lowest BCUT2D eigenvalue weighted by atomic mass is 9.84. The zero-order chi connectivity index (χ0) is 46.9. The molecule has 354 valence electrons. The third-order valence-electron chi connectivity index (χ3n) is 13.8. The van der Waals surface area contributed by atoms with Crippen molar-refractivity contribution < 1.29 is 38.5 Å². The molecule has 1 unspecified atom stereocenters. The summed E-state index contributed by atoms with van der Waals surface area (Å²) >= 11 is 0. The summed E-state index contributed by atoms with van der Waals surface area (Å²) < 4.78 is 20.6. The zero-order valence-electron chi connectivity index (χ0n) is 39.5. The van der Waals surface area contributed by atoms with Gasteiger partial charge in [0.05, 0.1) is 48.8 Å². The summed E-state index contributed by atoms with van der Waals surface area (Å²) in [4.78, 5) is 62.2. The lowest BCUT2D eigenvalue weighted by molar-refractivity contribution is -0.155. The van der Waals surface area contributed by atoms with Crippen molar-refractivity contribution in [3.63, 3.8) is 0 Å². The molecule has 0 radical (unpaired) electrons. The van der Waals surface area contributed by atoms with Crippen molar-refractivity contribution in [2.24, 2.45) is 17.3 Å². The Morgan fingerprint density at radius 3 is 2.52 bits per heavy atom. The number of nitrogens with one attached hydrogen (secondary N) is 3. The summed E-state index contributed by atoms with van der Waals surface area (Å²) in [6.45, 7) is 15.5. The number of phenolic OH excluding ortho intramolecular Hbond substituents is 1. The van der Waals surface area contributed by atoms with Crippen LogP contribution in [0.15, 0.2) is 54.7 Å². The number of amides is 3. The first kappa shape index (κ1) is 47.2. The predicted molar refractivity (Wildman–Crippen MR) is 251 cm³/mol. The number of cyclic esters (lactones) is 1. The highest BCUT2D eigenvalue weighted by Crippen LogP contribution is 2.42.